The van der Waals surface area contributed by atoms with E-state index >= 15 is 0 Å². The number of hydrogen-bond acceptors (Lipinski definition) is 4. The molecule has 19 heavy (non-hydrogen) atoms. The lowest BCUT2D eigenvalue weighted by molar-refractivity contribution is 0.421. The van der Waals surface area contributed by atoms with E-state index in [1.807, 2.05) is 0 Å². The smallest absolute Gasteiger partial charge is 0.321 e. The number of aromatic nitrogens is 2. The third-order valence-electron chi connectivity index (χ3n) is 2.49. The Morgan fingerprint density at radius 2 is 2.21 bits per heavy atom. The van der Waals surface area contributed by atoms with Crippen molar-refractivity contribution in [2.75, 3.05) is 11.9 Å². The molecule has 0 amide bonds. The van der Waals surface area contributed by atoms with Crippen LogP contribution in [0.5, 0.6) is 0 Å². The topological polar surface area (TPSA) is 51.0 Å². The summed E-state index contributed by atoms with van der Waals surface area (Å²) in [4.78, 5) is 4.20. The van der Waals surface area contributed by atoms with Gasteiger partial charge in [-0.25, -0.2) is 4.39 Å². The number of rotatable bonds is 5. The Hall–Kier alpha value is -1.62. The minimum atomic E-state index is -0.360. The molecule has 1 aromatic carbocycles. The first-order valence-corrected chi connectivity index (χ1v) is 6.43. The van der Waals surface area contributed by atoms with Crippen LogP contribution in [0.25, 0.3) is 0 Å². The number of benzene rings is 1. The van der Waals surface area contributed by atoms with Crippen molar-refractivity contribution in [3.8, 4) is 0 Å². The highest BCUT2D eigenvalue weighted by atomic mass is 35.5. The van der Waals surface area contributed by atoms with Gasteiger partial charge in [0, 0.05) is 18.0 Å². The van der Waals surface area contributed by atoms with Crippen LogP contribution >= 0.6 is 11.6 Å². The van der Waals surface area contributed by atoms with Gasteiger partial charge in [0.2, 0.25) is 0 Å². The molecule has 0 aliphatic heterocycles. The van der Waals surface area contributed by atoms with Gasteiger partial charge >= 0.3 is 6.01 Å². The third kappa shape index (κ3) is 3.92. The lowest BCUT2D eigenvalue weighted by atomic mass is 10.1. The molecule has 0 spiro atoms. The molecule has 1 aromatic heterocycles. The Kier molecular flexibility index (Phi) is 4.37. The van der Waals surface area contributed by atoms with Crippen LogP contribution in [0.1, 0.15) is 25.2 Å². The van der Waals surface area contributed by atoms with Crippen LogP contribution in [-0.2, 0) is 6.42 Å². The van der Waals surface area contributed by atoms with Crippen LogP contribution < -0.4 is 5.32 Å². The monoisotopic (exact) mass is 283 g/mol. The summed E-state index contributed by atoms with van der Waals surface area (Å²) >= 11 is 5.95. The molecule has 4 nitrogen and oxygen atoms in total. The molecule has 1 heterocycles. The van der Waals surface area contributed by atoms with E-state index in [9.17, 15) is 4.39 Å². The van der Waals surface area contributed by atoms with Gasteiger partial charge in [-0.2, -0.15) is 4.98 Å². The second-order valence-corrected chi connectivity index (χ2v) is 5.11. The summed E-state index contributed by atoms with van der Waals surface area (Å²) < 4.78 is 18.0. The zero-order valence-electron chi connectivity index (χ0n) is 10.8. The predicted octanol–water partition coefficient (Wildman–Crippen LogP) is 3.52. The van der Waals surface area contributed by atoms with Gasteiger partial charge < -0.3 is 9.84 Å². The quantitative estimate of drug-likeness (QED) is 0.912. The highest BCUT2D eigenvalue weighted by Gasteiger charge is 2.10. The Balaban J connectivity index is 2.03. The maximum absolute atomic E-state index is 12.9. The van der Waals surface area contributed by atoms with Crippen molar-refractivity contribution in [3.05, 3.63) is 40.4 Å². The van der Waals surface area contributed by atoms with Gasteiger partial charge in [0.1, 0.15) is 5.82 Å². The van der Waals surface area contributed by atoms with Crippen LogP contribution in [-0.4, -0.2) is 16.7 Å². The Labute approximate surface area is 116 Å². The summed E-state index contributed by atoms with van der Waals surface area (Å²) in [6.07, 6.45) is 0.409. The van der Waals surface area contributed by atoms with Crippen LogP contribution in [0.4, 0.5) is 10.4 Å². The van der Waals surface area contributed by atoms with E-state index in [1.54, 1.807) is 6.07 Å². The third-order valence-corrected chi connectivity index (χ3v) is 2.85. The second-order valence-electron chi connectivity index (χ2n) is 4.70. The summed E-state index contributed by atoms with van der Waals surface area (Å²) in [6.45, 7) is 4.93. The molecular formula is C13H15ClFN3O. The van der Waals surface area contributed by atoms with E-state index < -0.39 is 0 Å². The number of nitrogens with zero attached hydrogens (tertiary/aromatic N) is 2. The van der Waals surface area contributed by atoms with Crippen LogP contribution in [0, 0.1) is 11.7 Å². The molecule has 0 aliphatic carbocycles. The van der Waals surface area contributed by atoms with Crippen molar-refractivity contribution in [3.63, 3.8) is 0 Å². The molecule has 2 rings (SSSR count). The lowest BCUT2D eigenvalue weighted by Crippen LogP contribution is -2.08. The first-order chi connectivity index (χ1) is 9.04. The zero-order chi connectivity index (χ0) is 13.8. The molecule has 102 valence electrons. The van der Waals surface area contributed by atoms with Crippen molar-refractivity contribution >= 4 is 17.6 Å². The van der Waals surface area contributed by atoms with Gasteiger partial charge in [-0.1, -0.05) is 36.7 Å². The molecule has 0 unspecified atom stereocenters. The summed E-state index contributed by atoms with van der Waals surface area (Å²) in [5, 5.41) is 7.26. The molecule has 0 fully saturated rings. The fourth-order valence-corrected chi connectivity index (χ4v) is 1.76. The lowest BCUT2D eigenvalue weighted by Gasteiger charge is -2.02. The number of anilines is 1. The first kappa shape index (κ1) is 13.8. The Morgan fingerprint density at radius 1 is 1.42 bits per heavy atom. The van der Waals surface area contributed by atoms with E-state index in [0.717, 1.165) is 12.1 Å². The van der Waals surface area contributed by atoms with Crippen molar-refractivity contribution in [1.29, 1.82) is 0 Å². The molecule has 0 saturated carbocycles. The van der Waals surface area contributed by atoms with Crippen LogP contribution in [0.15, 0.2) is 22.7 Å². The molecule has 0 radical (unpaired) electrons. The zero-order valence-corrected chi connectivity index (χ0v) is 11.5. The average Bonchev–Trinajstić information content (AvgIpc) is 2.78. The number of halogens is 2. The minimum absolute atomic E-state index is 0.360. The maximum atomic E-state index is 12.9. The summed E-state index contributed by atoms with van der Waals surface area (Å²) in [7, 11) is 0. The maximum Gasteiger partial charge on any atom is 0.321 e. The van der Waals surface area contributed by atoms with Gasteiger partial charge in [0.05, 0.1) is 0 Å². The van der Waals surface area contributed by atoms with Gasteiger partial charge in [-0.3, -0.25) is 0 Å². The van der Waals surface area contributed by atoms with Gasteiger partial charge in [0.15, 0.2) is 5.82 Å². The molecule has 0 saturated heterocycles. The molecule has 1 N–H and O–H groups in total. The van der Waals surface area contributed by atoms with Crippen molar-refractivity contribution in [2.24, 2.45) is 5.92 Å². The summed E-state index contributed by atoms with van der Waals surface area (Å²) in [5.41, 5.74) is 0.763. The van der Waals surface area contributed by atoms with Crippen LogP contribution in [0.3, 0.4) is 0 Å². The minimum Gasteiger partial charge on any atom is -0.338 e. The van der Waals surface area contributed by atoms with E-state index in [2.05, 4.69) is 29.3 Å². The highest BCUT2D eigenvalue weighted by molar-refractivity contribution is 6.31. The van der Waals surface area contributed by atoms with Crippen molar-refractivity contribution in [1.82, 2.24) is 10.1 Å². The molecular weight excluding hydrogens is 269 g/mol. The SMILES string of the molecule is CC(C)CNc1nc(Cc2ccc(F)cc2Cl)no1. The molecule has 6 heteroatoms. The predicted molar refractivity (Wildman–Crippen MR) is 71.8 cm³/mol. The van der Waals surface area contributed by atoms with Gasteiger partial charge in [-0.05, 0) is 23.6 Å². The normalized spacial score (nSPS) is 11.0. The van der Waals surface area contributed by atoms with Crippen molar-refractivity contribution < 1.29 is 8.91 Å². The van der Waals surface area contributed by atoms with E-state index in [4.69, 9.17) is 16.1 Å². The summed E-state index contributed by atoms with van der Waals surface area (Å²) in [5.74, 6) is 0.641. The molecule has 0 aliphatic rings. The second kappa shape index (κ2) is 6.02. The summed E-state index contributed by atoms with van der Waals surface area (Å²) in [6, 6.07) is 4.64. The standard InChI is InChI=1S/C13H15ClFN3O/c1-8(2)7-16-13-17-12(18-19-13)5-9-3-4-10(15)6-11(9)14/h3-4,6,8H,5,7H2,1-2H3,(H,16,17,18). The average molecular weight is 284 g/mol. The number of nitrogens with one attached hydrogen (secondary N) is 1. The molecule has 0 atom stereocenters. The first-order valence-electron chi connectivity index (χ1n) is 6.05. The molecule has 2 aromatic rings. The van der Waals surface area contributed by atoms with Gasteiger partial charge in [0.25, 0.3) is 0 Å². The van der Waals surface area contributed by atoms with Crippen LogP contribution in [0.2, 0.25) is 5.02 Å². The highest BCUT2D eigenvalue weighted by Crippen LogP contribution is 2.20. The largest absolute Gasteiger partial charge is 0.338 e. The van der Waals surface area contributed by atoms with E-state index in [0.29, 0.717) is 29.2 Å². The fourth-order valence-electron chi connectivity index (χ4n) is 1.52. The molecule has 0 bridgehead atoms. The van der Waals surface area contributed by atoms with E-state index in [1.165, 1.54) is 12.1 Å². The van der Waals surface area contributed by atoms with Crippen molar-refractivity contribution in [2.45, 2.75) is 20.3 Å². The van der Waals surface area contributed by atoms with Gasteiger partial charge in [-0.15, -0.1) is 0 Å². The van der Waals surface area contributed by atoms with E-state index in [-0.39, 0.29) is 5.82 Å². The number of hydrogen-bond donors (Lipinski definition) is 1. The Bertz CT molecular complexity index is 557. The fraction of sp³-hybridized carbons (Fsp3) is 0.385. The Morgan fingerprint density at radius 3 is 2.89 bits per heavy atom.